The molecule has 4 nitrogen and oxygen atoms in total. The smallest absolute Gasteiger partial charge is 0.147 e. The van der Waals surface area contributed by atoms with E-state index in [9.17, 15) is 4.21 Å². The van der Waals surface area contributed by atoms with Crippen molar-refractivity contribution in [2.24, 2.45) is 0 Å². The predicted octanol–water partition coefficient (Wildman–Crippen LogP) is 2.94. The van der Waals surface area contributed by atoms with E-state index in [4.69, 9.17) is 16.3 Å². The van der Waals surface area contributed by atoms with Crippen LogP contribution in [-0.2, 0) is 23.2 Å². The summed E-state index contributed by atoms with van der Waals surface area (Å²) in [6, 6.07) is 5.85. The number of alkyl halides is 1. The molecule has 0 bridgehead atoms. The zero-order chi connectivity index (χ0) is 14.7. The van der Waals surface area contributed by atoms with Crippen molar-refractivity contribution in [3.05, 3.63) is 24.0 Å². The van der Waals surface area contributed by atoms with Gasteiger partial charge in [0, 0.05) is 29.4 Å². The van der Waals surface area contributed by atoms with E-state index in [1.54, 1.807) is 6.26 Å². The minimum atomic E-state index is -0.841. The lowest BCUT2D eigenvalue weighted by Crippen LogP contribution is -2.09. The SMILES string of the molecule is CC(C)Oc1cccc2c1nc(CCl)n2CCS(C)=O. The number of para-hydroxylation sites is 1. The van der Waals surface area contributed by atoms with E-state index in [0.29, 0.717) is 18.2 Å². The summed E-state index contributed by atoms with van der Waals surface area (Å²) >= 11 is 5.98. The lowest BCUT2D eigenvalue weighted by Gasteiger charge is -2.10. The summed E-state index contributed by atoms with van der Waals surface area (Å²) in [5.74, 6) is 2.46. The Morgan fingerprint density at radius 3 is 2.80 bits per heavy atom. The second-order valence-electron chi connectivity index (χ2n) is 4.88. The van der Waals surface area contributed by atoms with Gasteiger partial charge in [0.15, 0.2) is 0 Å². The van der Waals surface area contributed by atoms with Crippen molar-refractivity contribution >= 4 is 33.4 Å². The van der Waals surface area contributed by atoms with Crippen molar-refractivity contribution in [2.75, 3.05) is 12.0 Å². The van der Waals surface area contributed by atoms with Gasteiger partial charge < -0.3 is 9.30 Å². The van der Waals surface area contributed by atoms with Crippen LogP contribution in [0.25, 0.3) is 11.0 Å². The summed E-state index contributed by atoms with van der Waals surface area (Å²) in [4.78, 5) is 4.57. The quantitative estimate of drug-likeness (QED) is 0.770. The molecule has 0 saturated heterocycles. The third-order valence-corrected chi connectivity index (χ3v) is 3.90. The van der Waals surface area contributed by atoms with Gasteiger partial charge in [0.2, 0.25) is 0 Å². The third kappa shape index (κ3) is 3.33. The lowest BCUT2D eigenvalue weighted by molar-refractivity contribution is 0.245. The zero-order valence-electron chi connectivity index (χ0n) is 11.9. The molecular formula is C14H19ClN2O2S. The highest BCUT2D eigenvalue weighted by Crippen LogP contribution is 2.27. The van der Waals surface area contributed by atoms with Crippen LogP contribution in [0.4, 0.5) is 0 Å². The number of rotatable bonds is 6. The monoisotopic (exact) mass is 314 g/mol. The Morgan fingerprint density at radius 1 is 1.45 bits per heavy atom. The molecule has 1 aromatic heterocycles. The van der Waals surface area contributed by atoms with Crippen molar-refractivity contribution < 1.29 is 8.95 Å². The molecule has 2 rings (SSSR count). The molecule has 110 valence electrons. The topological polar surface area (TPSA) is 44.1 Å². The first-order chi connectivity index (χ1) is 9.52. The molecule has 0 spiro atoms. The number of nitrogens with zero attached hydrogens (tertiary/aromatic N) is 2. The molecule has 0 aliphatic heterocycles. The first-order valence-electron chi connectivity index (χ1n) is 6.53. The summed E-state index contributed by atoms with van der Waals surface area (Å²) in [5, 5.41) is 0. The Kier molecular flexibility index (Phi) is 5.05. The molecule has 2 aromatic rings. The highest BCUT2D eigenvalue weighted by Gasteiger charge is 2.14. The number of aromatic nitrogens is 2. The van der Waals surface area contributed by atoms with Crippen LogP contribution in [0.3, 0.4) is 0 Å². The van der Waals surface area contributed by atoms with Gasteiger partial charge in [0.25, 0.3) is 0 Å². The molecular weight excluding hydrogens is 296 g/mol. The third-order valence-electron chi connectivity index (χ3n) is 2.91. The minimum absolute atomic E-state index is 0.0911. The van der Waals surface area contributed by atoms with E-state index in [1.165, 1.54) is 0 Å². The maximum absolute atomic E-state index is 11.3. The normalized spacial score (nSPS) is 13.1. The largest absolute Gasteiger partial charge is 0.489 e. The van der Waals surface area contributed by atoms with Gasteiger partial charge in [0.05, 0.1) is 17.5 Å². The first-order valence-corrected chi connectivity index (χ1v) is 8.80. The van der Waals surface area contributed by atoms with Crippen LogP contribution in [0.1, 0.15) is 19.7 Å². The van der Waals surface area contributed by atoms with Crippen LogP contribution in [0.5, 0.6) is 5.75 Å². The van der Waals surface area contributed by atoms with Gasteiger partial charge in [-0.25, -0.2) is 4.98 Å². The van der Waals surface area contributed by atoms with Crippen molar-refractivity contribution in [1.82, 2.24) is 9.55 Å². The molecule has 1 heterocycles. The van der Waals surface area contributed by atoms with Crippen LogP contribution >= 0.6 is 11.6 Å². The predicted molar refractivity (Wildman–Crippen MR) is 84.0 cm³/mol. The van der Waals surface area contributed by atoms with Crippen molar-refractivity contribution in [3.63, 3.8) is 0 Å². The van der Waals surface area contributed by atoms with Crippen LogP contribution in [0.15, 0.2) is 18.2 Å². The highest BCUT2D eigenvalue weighted by atomic mass is 35.5. The number of benzene rings is 1. The second kappa shape index (κ2) is 6.59. The van der Waals surface area contributed by atoms with Crippen LogP contribution < -0.4 is 4.74 Å². The fourth-order valence-electron chi connectivity index (χ4n) is 2.09. The maximum atomic E-state index is 11.3. The van der Waals surface area contributed by atoms with E-state index in [2.05, 4.69) is 4.98 Å². The molecule has 0 aliphatic carbocycles. The molecule has 0 amide bonds. The van der Waals surface area contributed by atoms with Gasteiger partial charge in [-0.2, -0.15) is 0 Å². The Labute approximate surface area is 126 Å². The molecule has 1 aromatic carbocycles. The molecule has 0 radical (unpaired) electrons. The Hall–Kier alpha value is -1.07. The lowest BCUT2D eigenvalue weighted by atomic mass is 10.3. The van der Waals surface area contributed by atoms with Gasteiger partial charge in [0.1, 0.15) is 17.1 Å². The zero-order valence-corrected chi connectivity index (χ0v) is 13.5. The highest BCUT2D eigenvalue weighted by molar-refractivity contribution is 7.84. The van der Waals surface area contributed by atoms with Gasteiger partial charge in [-0.15, -0.1) is 11.6 Å². The Bertz CT molecular complexity index is 625. The number of imidazole rings is 1. The average molecular weight is 315 g/mol. The van der Waals surface area contributed by atoms with Gasteiger partial charge in [-0.3, -0.25) is 4.21 Å². The first kappa shape index (κ1) is 15.3. The molecule has 0 fully saturated rings. The molecule has 20 heavy (non-hydrogen) atoms. The minimum Gasteiger partial charge on any atom is -0.489 e. The van der Waals surface area contributed by atoms with E-state index < -0.39 is 10.8 Å². The van der Waals surface area contributed by atoms with Crippen molar-refractivity contribution in [3.8, 4) is 5.75 Å². The number of hydrogen-bond donors (Lipinski definition) is 0. The van der Waals surface area contributed by atoms with E-state index in [1.807, 2.05) is 36.6 Å². The van der Waals surface area contributed by atoms with E-state index >= 15 is 0 Å². The standard InChI is InChI=1S/C14H19ClN2O2S/c1-10(2)19-12-6-4-5-11-14(12)16-13(9-15)17(11)7-8-20(3)18/h4-6,10H,7-9H2,1-3H3. The van der Waals surface area contributed by atoms with Crippen LogP contribution in [0.2, 0.25) is 0 Å². The van der Waals surface area contributed by atoms with Gasteiger partial charge in [-0.1, -0.05) is 6.07 Å². The molecule has 0 saturated carbocycles. The summed E-state index contributed by atoms with van der Waals surface area (Å²) in [6.45, 7) is 4.61. The summed E-state index contributed by atoms with van der Waals surface area (Å²) < 4.78 is 19.1. The average Bonchev–Trinajstić information content (AvgIpc) is 2.74. The summed E-state index contributed by atoms with van der Waals surface area (Å²) in [6.07, 6.45) is 1.79. The Morgan fingerprint density at radius 2 is 2.20 bits per heavy atom. The maximum Gasteiger partial charge on any atom is 0.147 e. The molecule has 6 heteroatoms. The van der Waals surface area contributed by atoms with Crippen LogP contribution in [0, 0.1) is 0 Å². The molecule has 1 unspecified atom stereocenters. The molecule has 0 N–H and O–H groups in total. The van der Waals surface area contributed by atoms with Crippen molar-refractivity contribution in [1.29, 1.82) is 0 Å². The number of halogens is 1. The summed E-state index contributed by atoms with van der Waals surface area (Å²) in [5.41, 5.74) is 1.79. The van der Waals surface area contributed by atoms with E-state index in [-0.39, 0.29) is 6.10 Å². The fourth-order valence-corrected chi connectivity index (χ4v) is 2.73. The number of hydrogen-bond acceptors (Lipinski definition) is 3. The number of ether oxygens (including phenoxy) is 1. The second-order valence-corrected chi connectivity index (χ2v) is 6.70. The molecule has 1 atom stereocenters. The van der Waals surface area contributed by atoms with Gasteiger partial charge >= 0.3 is 0 Å². The number of aryl methyl sites for hydroxylation is 1. The fraction of sp³-hybridized carbons (Fsp3) is 0.500. The summed E-state index contributed by atoms with van der Waals surface area (Å²) in [7, 11) is -0.841. The Balaban J connectivity index is 2.48. The van der Waals surface area contributed by atoms with E-state index in [0.717, 1.165) is 22.6 Å². The van der Waals surface area contributed by atoms with Crippen molar-refractivity contribution in [2.45, 2.75) is 32.4 Å². The van der Waals surface area contributed by atoms with Gasteiger partial charge in [-0.05, 0) is 26.0 Å². The molecule has 0 aliphatic rings. The number of fused-ring (bicyclic) bond motifs is 1. The van der Waals surface area contributed by atoms with Crippen LogP contribution in [-0.4, -0.2) is 31.9 Å².